The van der Waals surface area contributed by atoms with E-state index in [0.29, 0.717) is 11.7 Å². The molecule has 1 amide bonds. The number of nitrogen functional groups attached to an aromatic ring is 1. The molecule has 0 aliphatic carbocycles. The lowest BCUT2D eigenvalue weighted by atomic mass is 10.0. The third-order valence-electron chi connectivity index (χ3n) is 3.99. The Bertz CT molecular complexity index is 643. The summed E-state index contributed by atoms with van der Waals surface area (Å²) >= 11 is 1.48. The number of nitrogens with two attached hydrogens (primary N) is 1. The Balaban J connectivity index is 1.72. The average molecular weight is 316 g/mol. The quantitative estimate of drug-likeness (QED) is 0.940. The molecular formula is C16H20N4OS. The van der Waals surface area contributed by atoms with Crippen LogP contribution in [0.1, 0.15) is 17.7 Å². The zero-order chi connectivity index (χ0) is 15.5. The standard InChI is InChI=1S/C16H20N4OS/c1-19(11-13-10-18-16(17)22-13)14-8-5-9-20(15(14)21)12-6-3-2-4-7-12/h2-4,6-7,10,14H,5,8-9,11H2,1H3,(H2,17,18). The number of benzene rings is 1. The Morgan fingerprint density at radius 1 is 1.41 bits per heavy atom. The average Bonchev–Trinajstić information content (AvgIpc) is 2.93. The number of nitrogens with zero attached hydrogens (tertiary/aromatic N) is 3. The van der Waals surface area contributed by atoms with Crippen molar-refractivity contribution in [2.24, 2.45) is 0 Å². The summed E-state index contributed by atoms with van der Waals surface area (Å²) in [7, 11) is 1.99. The molecule has 0 spiro atoms. The van der Waals surface area contributed by atoms with Crippen molar-refractivity contribution >= 4 is 28.1 Å². The van der Waals surface area contributed by atoms with Gasteiger partial charge in [0.2, 0.25) is 5.91 Å². The molecule has 3 rings (SSSR count). The van der Waals surface area contributed by atoms with Crippen LogP contribution in [0.4, 0.5) is 10.8 Å². The van der Waals surface area contributed by atoms with Gasteiger partial charge in [0.1, 0.15) is 0 Å². The second-order valence-corrected chi connectivity index (χ2v) is 6.71. The number of likely N-dealkylation sites (N-methyl/N-ethyl adjacent to an activating group) is 1. The lowest BCUT2D eigenvalue weighted by molar-refractivity contribution is -0.125. The maximum atomic E-state index is 12.8. The molecule has 0 radical (unpaired) electrons. The Kier molecular flexibility index (Phi) is 4.40. The summed E-state index contributed by atoms with van der Waals surface area (Å²) in [5.41, 5.74) is 6.65. The minimum atomic E-state index is -0.0859. The molecular weight excluding hydrogens is 296 g/mol. The normalized spacial score (nSPS) is 18.9. The van der Waals surface area contributed by atoms with Crippen LogP contribution in [0.5, 0.6) is 0 Å². The van der Waals surface area contributed by atoms with Crippen LogP contribution in [0.25, 0.3) is 0 Å². The summed E-state index contributed by atoms with van der Waals surface area (Å²) < 4.78 is 0. The third-order valence-corrected chi connectivity index (χ3v) is 4.80. The molecule has 116 valence electrons. The number of carbonyl (C=O) groups excluding carboxylic acids is 1. The van der Waals surface area contributed by atoms with Crippen molar-refractivity contribution in [2.45, 2.75) is 25.4 Å². The minimum Gasteiger partial charge on any atom is -0.375 e. The van der Waals surface area contributed by atoms with Gasteiger partial charge in [-0.3, -0.25) is 9.69 Å². The zero-order valence-corrected chi connectivity index (χ0v) is 13.4. The second-order valence-electron chi connectivity index (χ2n) is 5.56. The monoisotopic (exact) mass is 316 g/mol. The van der Waals surface area contributed by atoms with Crippen molar-refractivity contribution in [3.05, 3.63) is 41.4 Å². The van der Waals surface area contributed by atoms with E-state index < -0.39 is 0 Å². The number of thiazole rings is 1. The molecule has 0 saturated carbocycles. The van der Waals surface area contributed by atoms with E-state index in [1.54, 1.807) is 6.20 Å². The summed E-state index contributed by atoms with van der Waals surface area (Å²) in [4.78, 5) is 22.0. The van der Waals surface area contributed by atoms with Gasteiger partial charge in [-0.25, -0.2) is 4.98 Å². The first-order valence-corrected chi connectivity index (χ1v) is 8.23. The van der Waals surface area contributed by atoms with E-state index in [2.05, 4.69) is 9.88 Å². The van der Waals surface area contributed by atoms with E-state index in [0.717, 1.165) is 30.0 Å². The van der Waals surface area contributed by atoms with Gasteiger partial charge in [-0.15, -0.1) is 11.3 Å². The molecule has 1 fully saturated rings. The summed E-state index contributed by atoms with van der Waals surface area (Å²) in [6.07, 6.45) is 3.70. The van der Waals surface area contributed by atoms with Crippen molar-refractivity contribution < 1.29 is 4.79 Å². The maximum Gasteiger partial charge on any atom is 0.244 e. The van der Waals surface area contributed by atoms with Crippen LogP contribution in [0.15, 0.2) is 36.5 Å². The van der Waals surface area contributed by atoms with Gasteiger partial charge in [-0.2, -0.15) is 0 Å². The molecule has 1 aliphatic heterocycles. The largest absolute Gasteiger partial charge is 0.375 e. The highest BCUT2D eigenvalue weighted by Gasteiger charge is 2.32. The van der Waals surface area contributed by atoms with E-state index in [9.17, 15) is 4.79 Å². The summed E-state index contributed by atoms with van der Waals surface area (Å²) in [6.45, 7) is 1.49. The van der Waals surface area contributed by atoms with Crippen molar-refractivity contribution in [1.29, 1.82) is 0 Å². The van der Waals surface area contributed by atoms with E-state index >= 15 is 0 Å². The summed E-state index contributed by atoms with van der Waals surface area (Å²) in [6, 6.07) is 9.80. The van der Waals surface area contributed by atoms with Crippen LogP contribution >= 0.6 is 11.3 Å². The Morgan fingerprint density at radius 2 is 2.18 bits per heavy atom. The number of rotatable bonds is 4. The van der Waals surface area contributed by atoms with Crippen LogP contribution in [-0.4, -0.2) is 35.4 Å². The Morgan fingerprint density at radius 3 is 2.86 bits per heavy atom. The smallest absolute Gasteiger partial charge is 0.244 e. The minimum absolute atomic E-state index is 0.0859. The Labute approximate surface area is 134 Å². The van der Waals surface area contributed by atoms with Crippen LogP contribution in [-0.2, 0) is 11.3 Å². The van der Waals surface area contributed by atoms with Gasteiger partial charge >= 0.3 is 0 Å². The van der Waals surface area contributed by atoms with E-state index in [1.807, 2.05) is 42.3 Å². The van der Waals surface area contributed by atoms with Crippen LogP contribution in [0.2, 0.25) is 0 Å². The number of amides is 1. The van der Waals surface area contributed by atoms with E-state index in [4.69, 9.17) is 5.73 Å². The van der Waals surface area contributed by atoms with Crippen LogP contribution in [0.3, 0.4) is 0 Å². The number of anilines is 2. The number of hydrogen-bond donors (Lipinski definition) is 1. The second kappa shape index (κ2) is 6.46. The van der Waals surface area contributed by atoms with Crippen LogP contribution < -0.4 is 10.6 Å². The number of piperidine rings is 1. The molecule has 5 nitrogen and oxygen atoms in total. The fourth-order valence-electron chi connectivity index (χ4n) is 2.88. The van der Waals surface area contributed by atoms with Crippen molar-refractivity contribution in [3.8, 4) is 0 Å². The molecule has 1 aromatic heterocycles. The highest BCUT2D eigenvalue weighted by Crippen LogP contribution is 2.25. The fourth-order valence-corrected chi connectivity index (χ4v) is 3.63. The van der Waals surface area contributed by atoms with Crippen molar-refractivity contribution in [3.63, 3.8) is 0 Å². The van der Waals surface area contributed by atoms with Gasteiger partial charge in [0.05, 0.1) is 6.04 Å². The molecule has 1 unspecified atom stereocenters. The van der Waals surface area contributed by atoms with Gasteiger partial charge in [0.15, 0.2) is 5.13 Å². The summed E-state index contributed by atoms with van der Waals surface area (Å²) in [5, 5.41) is 0.573. The maximum absolute atomic E-state index is 12.8. The highest BCUT2D eigenvalue weighted by molar-refractivity contribution is 7.15. The van der Waals surface area contributed by atoms with Gasteiger partial charge in [-0.1, -0.05) is 18.2 Å². The lowest BCUT2D eigenvalue weighted by Crippen LogP contribution is -2.51. The molecule has 1 atom stereocenters. The molecule has 1 saturated heterocycles. The van der Waals surface area contributed by atoms with Gasteiger partial charge in [-0.05, 0) is 32.0 Å². The van der Waals surface area contributed by atoms with Gasteiger partial charge < -0.3 is 10.6 Å². The molecule has 0 bridgehead atoms. The van der Waals surface area contributed by atoms with E-state index in [-0.39, 0.29) is 11.9 Å². The molecule has 22 heavy (non-hydrogen) atoms. The summed E-state index contributed by atoms with van der Waals surface area (Å²) in [5.74, 6) is 0.178. The third kappa shape index (κ3) is 3.13. The van der Waals surface area contributed by atoms with Crippen LogP contribution in [0, 0.1) is 0 Å². The molecule has 2 heterocycles. The van der Waals surface area contributed by atoms with Crippen molar-refractivity contribution in [2.75, 3.05) is 24.2 Å². The van der Waals surface area contributed by atoms with Crippen molar-refractivity contribution in [1.82, 2.24) is 9.88 Å². The SMILES string of the molecule is CN(Cc1cnc(N)s1)C1CCCN(c2ccccc2)C1=O. The molecule has 1 aliphatic rings. The zero-order valence-electron chi connectivity index (χ0n) is 12.6. The first kappa shape index (κ1) is 15.0. The predicted octanol–water partition coefficient (Wildman–Crippen LogP) is 2.35. The fraction of sp³-hybridized carbons (Fsp3) is 0.375. The number of hydrogen-bond acceptors (Lipinski definition) is 5. The van der Waals surface area contributed by atoms with Gasteiger partial charge in [0.25, 0.3) is 0 Å². The topological polar surface area (TPSA) is 62.5 Å². The van der Waals surface area contributed by atoms with Gasteiger partial charge in [0, 0.05) is 29.9 Å². The number of para-hydroxylation sites is 1. The molecule has 2 N–H and O–H groups in total. The van der Waals surface area contributed by atoms with E-state index in [1.165, 1.54) is 11.3 Å². The first-order valence-electron chi connectivity index (χ1n) is 7.42. The lowest BCUT2D eigenvalue weighted by Gasteiger charge is -2.36. The molecule has 6 heteroatoms. The highest BCUT2D eigenvalue weighted by atomic mass is 32.1. The predicted molar refractivity (Wildman–Crippen MR) is 89.8 cm³/mol. The molecule has 2 aromatic rings. The first-order chi connectivity index (χ1) is 10.6. The molecule has 1 aromatic carbocycles. The number of carbonyl (C=O) groups is 1. The Hall–Kier alpha value is -1.92. The number of aromatic nitrogens is 1.